The van der Waals surface area contributed by atoms with E-state index in [9.17, 15) is 0 Å². The first-order valence-corrected chi connectivity index (χ1v) is 6.05. The summed E-state index contributed by atoms with van der Waals surface area (Å²) in [6, 6.07) is 4.05. The molecule has 2 heterocycles. The summed E-state index contributed by atoms with van der Waals surface area (Å²) in [7, 11) is 1.92. The van der Waals surface area contributed by atoms with Gasteiger partial charge < -0.3 is 14.5 Å². The van der Waals surface area contributed by atoms with Gasteiger partial charge in [0.25, 0.3) is 0 Å². The van der Waals surface area contributed by atoms with Crippen LogP contribution in [0.4, 0.5) is 0 Å². The summed E-state index contributed by atoms with van der Waals surface area (Å²) in [5, 5.41) is 3.28. The summed E-state index contributed by atoms with van der Waals surface area (Å²) in [6.45, 7) is 4.56. The molecule has 2 aromatic rings. The van der Waals surface area contributed by atoms with Crippen LogP contribution in [0.2, 0.25) is 0 Å². The molecule has 0 saturated heterocycles. The number of pyridine rings is 1. The molecule has 0 aliphatic rings. The molecule has 96 valence electrons. The summed E-state index contributed by atoms with van der Waals surface area (Å²) >= 11 is 0. The van der Waals surface area contributed by atoms with Crippen LogP contribution in [0.1, 0.15) is 29.9 Å². The van der Waals surface area contributed by atoms with Crippen molar-refractivity contribution in [1.29, 1.82) is 0 Å². The van der Waals surface area contributed by atoms with Crippen LogP contribution in [-0.2, 0) is 0 Å². The molecule has 2 rings (SSSR count). The highest BCUT2D eigenvalue weighted by Crippen LogP contribution is 2.26. The molecule has 0 bridgehead atoms. The highest BCUT2D eigenvalue weighted by molar-refractivity contribution is 5.34. The maximum Gasteiger partial charge on any atom is 0.137 e. The van der Waals surface area contributed by atoms with Crippen LogP contribution in [0.15, 0.2) is 35.2 Å². The zero-order chi connectivity index (χ0) is 13.0. The predicted molar refractivity (Wildman–Crippen MR) is 69.8 cm³/mol. The van der Waals surface area contributed by atoms with E-state index >= 15 is 0 Å². The highest BCUT2D eigenvalue weighted by atomic mass is 16.5. The smallest absolute Gasteiger partial charge is 0.137 e. The number of hydrogen-bond acceptors (Lipinski definition) is 4. The van der Waals surface area contributed by atoms with Crippen LogP contribution >= 0.6 is 0 Å². The van der Waals surface area contributed by atoms with Gasteiger partial charge in [0, 0.05) is 11.8 Å². The Morgan fingerprint density at radius 2 is 2.28 bits per heavy atom. The Labute approximate surface area is 107 Å². The number of furan rings is 1. The van der Waals surface area contributed by atoms with E-state index < -0.39 is 0 Å². The summed E-state index contributed by atoms with van der Waals surface area (Å²) in [4.78, 5) is 4.22. The number of ether oxygens (including phenoxy) is 1. The van der Waals surface area contributed by atoms with E-state index in [0.717, 1.165) is 22.6 Å². The molecule has 1 unspecified atom stereocenters. The van der Waals surface area contributed by atoms with E-state index in [1.54, 1.807) is 12.5 Å². The lowest BCUT2D eigenvalue weighted by molar-refractivity contribution is 0.338. The lowest BCUT2D eigenvalue weighted by Crippen LogP contribution is -2.18. The molecule has 0 fully saturated rings. The average Bonchev–Trinajstić information content (AvgIpc) is 2.78. The van der Waals surface area contributed by atoms with Crippen molar-refractivity contribution < 1.29 is 9.15 Å². The largest absolute Gasteiger partial charge is 0.492 e. The molecule has 4 heteroatoms. The zero-order valence-electron chi connectivity index (χ0n) is 10.9. The fourth-order valence-electron chi connectivity index (χ4n) is 2.04. The Bertz CT molecular complexity index is 508. The average molecular weight is 246 g/mol. The molecule has 0 aromatic carbocycles. The standard InChI is InChI=1S/C14H18N2O2/c1-4-17-12-7-11(8-16-9-12)14(15-3)13-5-6-18-10(13)2/h5-9,14-15H,4H2,1-3H3. The summed E-state index contributed by atoms with van der Waals surface area (Å²) in [5.41, 5.74) is 2.18. The Balaban J connectivity index is 2.33. The topological polar surface area (TPSA) is 47.3 Å². The van der Waals surface area contributed by atoms with Gasteiger partial charge in [-0.3, -0.25) is 4.98 Å². The van der Waals surface area contributed by atoms with Crippen LogP contribution in [0, 0.1) is 6.92 Å². The fourth-order valence-corrected chi connectivity index (χ4v) is 2.04. The van der Waals surface area contributed by atoms with E-state index in [4.69, 9.17) is 9.15 Å². The number of aryl methyl sites for hydroxylation is 1. The Hall–Kier alpha value is -1.81. The van der Waals surface area contributed by atoms with E-state index in [-0.39, 0.29) is 6.04 Å². The minimum absolute atomic E-state index is 0.0663. The molecule has 0 aliphatic heterocycles. The van der Waals surface area contributed by atoms with Crippen molar-refractivity contribution in [3.63, 3.8) is 0 Å². The first-order valence-electron chi connectivity index (χ1n) is 6.05. The third-order valence-electron chi connectivity index (χ3n) is 2.88. The first kappa shape index (κ1) is 12.6. The van der Waals surface area contributed by atoms with Crippen molar-refractivity contribution in [3.05, 3.63) is 47.7 Å². The molecule has 0 spiro atoms. The molecule has 1 N–H and O–H groups in total. The van der Waals surface area contributed by atoms with Crippen LogP contribution in [0.25, 0.3) is 0 Å². The van der Waals surface area contributed by atoms with Crippen molar-refractivity contribution >= 4 is 0 Å². The minimum atomic E-state index is 0.0663. The number of nitrogens with zero attached hydrogens (tertiary/aromatic N) is 1. The quantitative estimate of drug-likeness (QED) is 0.881. The molecule has 4 nitrogen and oxygen atoms in total. The van der Waals surface area contributed by atoms with Gasteiger partial charge in [-0.25, -0.2) is 0 Å². The molecule has 0 saturated carbocycles. The van der Waals surface area contributed by atoms with E-state index in [2.05, 4.69) is 10.3 Å². The zero-order valence-corrected chi connectivity index (χ0v) is 10.9. The van der Waals surface area contributed by atoms with E-state index in [1.807, 2.05) is 39.2 Å². The number of rotatable bonds is 5. The molecule has 18 heavy (non-hydrogen) atoms. The van der Waals surface area contributed by atoms with Crippen molar-refractivity contribution in [3.8, 4) is 5.75 Å². The van der Waals surface area contributed by atoms with Crippen LogP contribution < -0.4 is 10.1 Å². The normalized spacial score (nSPS) is 12.4. The highest BCUT2D eigenvalue weighted by Gasteiger charge is 2.17. The maximum atomic E-state index is 5.48. The summed E-state index contributed by atoms with van der Waals surface area (Å²) in [5.74, 6) is 1.70. The molecule has 2 aromatic heterocycles. The number of nitrogens with one attached hydrogen (secondary N) is 1. The fraction of sp³-hybridized carbons (Fsp3) is 0.357. The Morgan fingerprint density at radius 1 is 1.44 bits per heavy atom. The van der Waals surface area contributed by atoms with Crippen LogP contribution in [0.5, 0.6) is 5.75 Å². The molecular weight excluding hydrogens is 228 g/mol. The van der Waals surface area contributed by atoms with Crippen molar-refractivity contribution in [2.45, 2.75) is 19.9 Å². The summed E-state index contributed by atoms with van der Waals surface area (Å²) < 4.78 is 10.8. The van der Waals surface area contributed by atoms with Crippen LogP contribution in [-0.4, -0.2) is 18.6 Å². The summed E-state index contributed by atoms with van der Waals surface area (Å²) in [6.07, 6.45) is 5.27. The van der Waals surface area contributed by atoms with Gasteiger partial charge in [-0.05, 0) is 38.6 Å². The minimum Gasteiger partial charge on any atom is -0.492 e. The molecular formula is C14H18N2O2. The van der Waals surface area contributed by atoms with Gasteiger partial charge in [0.2, 0.25) is 0 Å². The second kappa shape index (κ2) is 5.69. The lowest BCUT2D eigenvalue weighted by Gasteiger charge is -2.16. The maximum absolute atomic E-state index is 5.48. The Morgan fingerprint density at radius 3 is 2.89 bits per heavy atom. The van der Waals surface area contributed by atoms with Gasteiger partial charge >= 0.3 is 0 Å². The first-order chi connectivity index (χ1) is 8.76. The number of aromatic nitrogens is 1. The van der Waals surface area contributed by atoms with Gasteiger partial charge in [-0.1, -0.05) is 0 Å². The van der Waals surface area contributed by atoms with Gasteiger partial charge in [0.15, 0.2) is 0 Å². The van der Waals surface area contributed by atoms with Gasteiger partial charge in [0.1, 0.15) is 11.5 Å². The van der Waals surface area contributed by atoms with Gasteiger partial charge in [-0.2, -0.15) is 0 Å². The van der Waals surface area contributed by atoms with Gasteiger partial charge in [0.05, 0.1) is 25.1 Å². The van der Waals surface area contributed by atoms with Crippen molar-refractivity contribution in [1.82, 2.24) is 10.3 Å². The Kier molecular flexibility index (Phi) is 3.99. The van der Waals surface area contributed by atoms with Crippen LogP contribution in [0.3, 0.4) is 0 Å². The van der Waals surface area contributed by atoms with E-state index in [0.29, 0.717) is 6.61 Å². The lowest BCUT2D eigenvalue weighted by atomic mass is 10.0. The molecule has 1 atom stereocenters. The third kappa shape index (κ3) is 2.54. The van der Waals surface area contributed by atoms with Crippen molar-refractivity contribution in [2.24, 2.45) is 0 Å². The number of hydrogen-bond donors (Lipinski definition) is 1. The molecule has 0 radical (unpaired) electrons. The molecule has 0 amide bonds. The SMILES string of the molecule is CCOc1cncc(C(NC)c2ccoc2C)c1. The van der Waals surface area contributed by atoms with Crippen molar-refractivity contribution in [2.75, 3.05) is 13.7 Å². The monoisotopic (exact) mass is 246 g/mol. The predicted octanol–water partition coefficient (Wildman–Crippen LogP) is 2.69. The van der Waals surface area contributed by atoms with Gasteiger partial charge in [-0.15, -0.1) is 0 Å². The second-order valence-corrected chi connectivity index (χ2v) is 4.04. The molecule has 0 aliphatic carbocycles. The third-order valence-corrected chi connectivity index (χ3v) is 2.88. The second-order valence-electron chi connectivity index (χ2n) is 4.04. The van der Waals surface area contributed by atoms with E-state index in [1.165, 1.54) is 0 Å².